The summed E-state index contributed by atoms with van der Waals surface area (Å²) in [4.78, 5) is 12.0. The number of alkyl halides is 3. The summed E-state index contributed by atoms with van der Waals surface area (Å²) in [5.41, 5.74) is -0.718. The van der Waals surface area contributed by atoms with Gasteiger partial charge < -0.3 is 15.4 Å². The monoisotopic (exact) mass is 354 g/mol. The summed E-state index contributed by atoms with van der Waals surface area (Å²) < 4.78 is 42.4. The minimum absolute atomic E-state index is 0.0940. The van der Waals surface area contributed by atoms with Crippen molar-refractivity contribution in [1.29, 1.82) is 0 Å². The fraction of sp³-hybridized carbons (Fsp3) is 0.312. The Morgan fingerprint density at radius 3 is 2.28 bits per heavy atom. The molecule has 0 aliphatic carbocycles. The first-order valence-corrected chi connectivity index (χ1v) is 7.45. The number of halogens is 3. The first kappa shape index (κ1) is 18.7. The molecule has 6 nitrogen and oxygen atoms in total. The molecule has 1 aromatic carbocycles. The highest BCUT2D eigenvalue weighted by Crippen LogP contribution is 2.29. The third-order valence-corrected chi connectivity index (χ3v) is 3.21. The van der Waals surface area contributed by atoms with E-state index >= 15 is 0 Å². The van der Waals surface area contributed by atoms with Gasteiger partial charge in [-0.2, -0.15) is 13.2 Å². The summed E-state index contributed by atoms with van der Waals surface area (Å²) in [5.74, 6) is 0.180. The van der Waals surface area contributed by atoms with Gasteiger partial charge >= 0.3 is 6.18 Å². The molecular formula is C16H17F3N4O2. The molecule has 0 radical (unpaired) electrons. The number of amides is 1. The van der Waals surface area contributed by atoms with Crippen LogP contribution in [0.3, 0.4) is 0 Å². The Morgan fingerprint density at radius 2 is 1.72 bits per heavy atom. The van der Waals surface area contributed by atoms with E-state index in [1.807, 2.05) is 0 Å². The average molecular weight is 354 g/mol. The fourth-order valence-corrected chi connectivity index (χ4v) is 1.93. The van der Waals surface area contributed by atoms with Crippen molar-refractivity contribution in [1.82, 2.24) is 10.2 Å². The van der Waals surface area contributed by atoms with Crippen molar-refractivity contribution in [3.05, 3.63) is 47.5 Å². The third-order valence-electron chi connectivity index (χ3n) is 3.21. The number of nitrogens with zero attached hydrogens (tertiary/aromatic N) is 2. The van der Waals surface area contributed by atoms with Gasteiger partial charge in [0.25, 0.3) is 5.91 Å². The zero-order valence-electron chi connectivity index (χ0n) is 13.4. The minimum Gasteiger partial charge on any atom is -0.385 e. The Morgan fingerprint density at radius 1 is 1.08 bits per heavy atom. The van der Waals surface area contributed by atoms with Gasteiger partial charge in [-0.3, -0.25) is 4.79 Å². The highest BCUT2D eigenvalue weighted by molar-refractivity contribution is 6.03. The maximum Gasteiger partial charge on any atom is 0.416 e. The second kappa shape index (κ2) is 8.43. The summed E-state index contributed by atoms with van der Waals surface area (Å²) in [6, 6.07) is 7.12. The van der Waals surface area contributed by atoms with Crippen LogP contribution in [0.15, 0.2) is 36.4 Å². The van der Waals surface area contributed by atoms with E-state index in [4.69, 9.17) is 4.74 Å². The first-order chi connectivity index (χ1) is 11.9. The number of hydrogen-bond donors (Lipinski definition) is 2. The van der Waals surface area contributed by atoms with Gasteiger partial charge in [0.2, 0.25) is 0 Å². The van der Waals surface area contributed by atoms with E-state index in [9.17, 15) is 18.0 Å². The fourth-order valence-electron chi connectivity index (χ4n) is 1.93. The van der Waals surface area contributed by atoms with Crippen LogP contribution >= 0.6 is 0 Å². The van der Waals surface area contributed by atoms with Crippen molar-refractivity contribution >= 4 is 17.5 Å². The number of carbonyl (C=O) groups excluding carboxylic acids is 1. The van der Waals surface area contributed by atoms with E-state index in [0.717, 1.165) is 30.7 Å². The molecule has 0 saturated heterocycles. The van der Waals surface area contributed by atoms with E-state index in [0.29, 0.717) is 19.0 Å². The number of aromatic nitrogens is 2. The van der Waals surface area contributed by atoms with Crippen molar-refractivity contribution in [2.24, 2.45) is 0 Å². The Balaban J connectivity index is 1.92. The van der Waals surface area contributed by atoms with E-state index < -0.39 is 17.6 Å². The van der Waals surface area contributed by atoms with Gasteiger partial charge in [0.15, 0.2) is 5.82 Å². The molecule has 0 fully saturated rings. The predicted molar refractivity (Wildman–Crippen MR) is 86.4 cm³/mol. The molecule has 1 amide bonds. The number of benzene rings is 1. The van der Waals surface area contributed by atoms with Crippen LogP contribution in [0.25, 0.3) is 0 Å². The first-order valence-electron chi connectivity index (χ1n) is 7.45. The van der Waals surface area contributed by atoms with Crippen molar-refractivity contribution in [2.75, 3.05) is 30.9 Å². The van der Waals surface area contributed by atoms with Gasteiger partial charge in [0.1, 0.15) is 5.82 Å². The Kier molecular flexibility index (Phi) is 6.29. The zero-order valence-corrected chi connectivity index (χ0v) is 13.4. The topological polar surface area (TPSA) is 76.1 Å². The molecule has 0 atom stereocenters. The van der Waals surface area contributed by atoms with Crippen LogP contribution in [-0.2, 0) is 10.9 Å². The summed E-state index contributed by atoms with van der Waals surface area (Å²) in [7, 11) is 1.62. The zero-order chi connectivity index (χ0) is 18.3. The molecule has 9 heteroatoms. The van der Waals surface area contributed by atoms with Gasteiger partial charge in [-0.05, 0) is 42.8 Å². The van der Waals surface area contributed by atoms with Crippen LogP contribution in [0.4, 0.5) is 24.8 Å². The van der Waals surface area contributed by atoms with Crippen molar-refractivity contribution < 1.29 is 22.7 Å². The lowest BCUT2D eigenvalue weighted by molar-refractivity contribution is -0.137. The molecule has 0 spiro atoms. The van der Waals surface area contributed by atoms with Gasteiger partial charge in [-0.15, -0.1) is 10.2 Å². The predicted octanol–water partition coefficient (Wildman–Crippen LogP) is 3.20. The number of methoxy groups -OCH3 is 1. The highest BCUT2D eigenvalue weighted by Gasteiger charge is 2.30. The summed E-state index contributed by atoms with van der Waals surface area (Å²) in [6.45, 7) is 1.29. The molecule has 0 saturated carbocycles. The van der Waals surface area contributed by atoms with Crippen LogP contribution in [0, 0.1) is 0 Å². The maximum atomic E-state index is 12.5. The van der Waals surface area contributed by atoms with Crippen molar-refractivity contribution in [3.8, 4) is 0 Å². The van der Waals surface area contributed by atoms with Gasteiger partial charge in [-0.25, -0.2) is 0 Å². The van der Waals surface area contributed by atoms with Crippen LogP contribution < -0.4 is 10.6 Å². The summed E-state index contributed by atoms with van der Waals surface area (Å²) in [5, 5.41) is 13.3. The van der Waals surface area contributed by atoms with E-state index in [1.54, 1.807) is 19.2 Å². The lowest BCUT2D eigenvalue weighted by Gasteiger charge is -2.08. The summed E-state index contributed by atoms with van der Waals surface area (Å²) in [6.07, 6.45) is -3.63. The molecule has 1 heterocycles. The Bertz CT molecular complexity index is 688. The molecule has 25 heavy (non-hydrogen) atoms. The van der Waals surface area contributed by atoms with E-state index in [-0.39, 0.29) is 11.4 Å². The quantitative estimate of drug-likeness (QED) is 0.747. The largest absolute Gasteiger partial charge is 0.416 e. The highest BCUT2D eigenvalue weighted by atomic mass is 19.4. The van der Waals surface area contributed by atoms with Crippen LogP contribution in [0.2, 0.25) is 0 Å². The second-order valence-corrected chi connectivity index (χ2v) is 5.11. The number of rotatable bonds is 7. The van der Waals surface area contributed by atoms with Crippen molar-refractivity contribution in [2.45, 2.75) is 12.6 Å². The molecule has 0 unspecified atom stereocenters. The van der Waals surface area contributed by atoms with Gasteiger partial charge in [0, 0.05) is 25.8 Å². The number of anilines is 2. The Hall–Kier alpha value is -2.68. The molecule has 2 rings (SSSR count). The molecule has 2 N–H and O–H groups in total. The second-order valence-electron chi connectivity index (χ2n) is 5.11. The standard InChI is InChI=1S/C16H17F3N4O2/c1-25-10-2-9-20-13-7-8-14(23-22-13)21-15(24)11-3-5-12(6-4-11)16(17,18)19/h3-8H,2,9-10H2,1H3,(H,20,22)(H,21,23,24). The number of nitrogens with one attached hydrogen (secondary N) is 2. The van der Waals surface area contributed by atoms with Crippen LogP contribution in [0.1, 0.15) is 22.3 Å². The summed E-state index contributed by atoms with van der Waals surface area (Å²) >= 11 is 0. The molecular weight excluding hydrogens is 337 g/mol. The molecule has 0 aliphatic heterocycles. The molecule has 0 aliphatic rings. The molecule has 2 aromatic rings. The maximum absolute atomic E-state index is 12.5. The van der Waals surface area contributed by atoms with Crippen LogP contribution in [-0.4, -0.2) is 36.4 Å². The molecule has 0 bridgehead atoms. The molecule has 1 aromatic heterocycles. The lowest BCUT2D eigenvalue weighted by Crippen LogP contribution is -2.14. The van der Waals surface area contributed by atoms with Gasteiger partial charge in [-0.1, -0.05) is 0 Å². The number of hydrogen-bond acceptors (Lipinski definition) is 5. The smallest absolute Gasteiger partial charge is 0.385 e. The molecule has 134 valence electrons. The minimum atomic E-state index is -4.44. The Labute approximate surface area is 142 Å². The van der Waals surface area contributed by atoms with E-state index in [1.165, 1.54) is 0 Å². The van der Waals surface area contributed by atoms with Crippen molar-refractivity contribution in [3.63, 3.8) is 0 Å². The third kappa shape index (κ3) is 5.71. The lowest BCUT2D eigenvalue weighted by atomic mass is 10.1. The number of carbonyl (C=O) groups is 1. The van der Waals surface area contributed by atoms with Crippen LogP contribution in [0.5, 0.6) is 0 Å². The SMILES string of the molecule is COCCCNc1ccc(NC(=O)c2ccc(C(F)(F)F)cc2)nn1. The van der Waals surface area contributed by atoms with E-state index in [2.05, 4.69) is 20.8 Å². The average Bonchev–Trinajstić information content (AvgIpc) is 2.59. The van der Waals surface area contributed by atoms with Gasteiger partial charge in [0.05, 0.1) is 5.56 Å². The normalized spacial score (nSPS) is 11.2. The number of ether oxygens (including phenoxy) is 1.